The van der Waals surface area contributed by atoms with E-state index in [0.717, 1.165) is 16.3 Å². The van der Waals surface area contributed by atoms with Crippen LogP contribution in [0.4, 0.5) is 11.5 Å². The van der Waals surface area contributed by atoms with Crippen LogP contribution in [0.25, 0.3) is 10.8 Å². The van der Waals surface area contributed by atoms with Gasteiger partial charge in [0.15, 0.2) is 0 Å². The number of nitrogen functional groups attached to an aromatic ring is 1. The van der Waals surface area contributed by atoms with Crippen LogP contribution in [0.5, 0.6) is 0 Å². The molecule has 0 aliphatic carbocycles. The van der Waals surface area contributed by atoms with Crippen molar-refractivity contribution < 1.29 is 4.79 Å². The molecule has 1 aromatic carbocycles. The van der Waals surface area contributed by atoms with Crippen LogP contribution in [0, 0.1) is 6.92 Å². The SMILES string of the molecule is Cc1ccncc1NC(=O)c1cc2ccccc2c(N)n1. The zero-order chi connectivity index (χ0) is 14.8. The van der Waals surface area contributed by atoms with Crippen molar-refractivity contribution >= 4 is 28.2 Å². The number of anilines is 2. The molecule has 0 aliphatic heterocycles. The Bertz CT molecular complexity index is 829. The number of carbonyl (C=O) groups excluding carboxylic acids is 1. The van der Waals surface area contributed by atoms with Crippen molar-refractivity contribution in [3.05, 3.63) is 60.0 Å². The molecule has 104 valence electrons. The summed E-state index contributed by atoms with van der Waals surface area (Å²) in [5.41, 5.74) is 7.80. The molecular weight excluding hydrogens is 264 g/mol. The number of rotatable bonds is 2. The molecular formula is C16H14N4O. The number of nitrogens with zero attached hydrogens (tertiary/aromatic N) is 2. The maximum absolute atomic E-state index is 12.3. The number of amides is 1. The van der Waals surface area contributed by atoms with E-state index in [4.69, 9.17) is 5.73 Å². The Labute approximate surface area is 121 Å². The lowest BCUT2D eigenvalue weighted by molar-refractivity contribution is 0.102. The highest BCUT2D eigenvalue weighted by molar-refractivity contribution is 6.06. The van der Waals surface area contributed by atoms with Crippen LogP contribution >= 0.6 is 0 Å². The molecule has 21 heavy (non-hydrogen) atoms. The van der Waals surface area contributed by atoms with Crippen molar-refractivity contribution in [1.29, 1.82) is 0 Å². The number of aryl methyl sites for hydroxylation is 1. The van der Waals surface area contributed by atoms with Crippen molar-refractivity contribution in [2.24, 2.45) is 0 Å². The molecule has 0 saturated carbocycles. The Hall–Kier alpha value is -2.95. The molecule has 2 heterocycles. The van der Waals surface area contributed by atoms with Gasteiger partial charge in [-0.25, -0.2) is 4.98 Å². The predicted molar refractivity (Wildman–Crippen MR) is 83.1 cm³/mol. The number of hydrogen-bond donors (Lipinski definition) is 2. The molecule has 0 saturated heterocycles. The predicted octanol–water partition coefficient (Wildman–Crippen LogP) is 2.77. The second-order valence-corrected chi connectivity index (χ2v) is 4.76. The quantitative estimate of drug-likeness (QED) is 0.755. The summed E-state index contributed by atoms with van der Waals surface area (Å²) in [6.45, 7) is 1.90. The second kappa shape index (κ2) is 5.20. The van der Waals surface area contributed by atoms with Crippen LogP contribution in [0.1, 0.15) is 16.1 Å². The molecule has 0 bridgehead atoms. The minimum atomic E-state index is -0.302. The summed E-state index contributed by atoms with van der Waals surface area (Å²) in [4.78, 5) is 20.5. The molecule has 0 spiro atoms. The summed E-state index contributed by atoms with van der Waals surface area (Å²) in [6.07, 6.45) is 3.29. The van der Waals surface area contributed by atoms with Gasteiger partial charge in [-0.15, -0.1) is 0 Å². The topological polar surface area (TPSA) is 80.9 Å². The Morgan fingerprint density at radius 1 is 1.24 bits per heavy atom. The first kappa shape index (κ1) is 13.1. The molecule has 1 amide bonds. The number of aromatic nitrogens is 2. The number of pyridine rings is 2. The van der Waals surface area contributed by atoms with E-state index < -0.39 is 0 Å². The van der Waals surface area contributed by atoms with E-state index in [1.54, 1.807) is 18.5 Å². The highest BCUT2D eigenvalue weighted by atomic mass is 16.1. The van der Waals surface area contributed by atoms with E-state index >= 15 is 0 Å². The molecule has 0 unspecified atom stereocenters. The van der Waals surface area contributed by atoms with Crippen molar-refractivity contribution in [3.8, 4) is 0 Å². The fourth-order valence-electron chi connectivity index (χ4n) is 2.12. The van der Waals surface area contributed by atoms with E-state index in [1.807, 2.05) is 37.3 Å². The number of nitrogens with two attached hydrogens (primary N) is 1. The minimum Gasteiger partial charge on any atom is -0.383 e. The molecule has 0 radical (unpaired) electrons. The van der Waals surface area contributed by atoms with Gasteiger partial charge in [0.2, 0.25) is 0 Å². The molecule has 3 N–H and O–H groups in total. The molecule has 0 aliphatic rings. The smallest absolute Gasteiger partial charge is 0.274 e. The van der Waals surface area contributed by atoms with E-state index in [1.165, 1.54) is 0 Å². The summed E-state index contributed by atoms with van der Waals surface area (Å²) in [5.74, 6) is 0.0460. The van der Waals surface area contributed by atoms with Gasteiger partial charge in [-0.3, -0.25) is 9.78 Å². The van der Waals surface area contributed by atoms with Gasteiger partial charge < -0.3 is 11.1 Å². The zero-order valence-electron chi connectivity index (χ0n) is 11.5. The normalized spacial score (nSPS) is 10.5. The highest BCUT2D eigenvalue weighted by Crippen LogP contribution is 2.21. The van der Waals surface area contributed by atoms with Gasteiger partial charge in [0.1, 0.15) is 11.5 Å². The van der Waals surface area contributed by atoms with Crippen LogP contribution in [-0.2, 0) is 0 Å². The van der Waals surface area contributed by atoms with Crippen molar-refractivity contribution in [3.63, 3.8) is 0 Å². The lowest BCUT2D eigenvalue weighted by Gasteiger charge is -2.09. The molecule has 3 rings (SSSR count). The van der Waals surface area contributed by atoms with E-state index in [2.05, 4.69) is 15.3 Å². The lowest BCUT2D eigenvalue weighted by Crippen LogP contribution is -2.15. The number of nitrogens with one attached hydrogen (secondary N) is 1. The highest BCUT2D eigenvalue weighted by Gasteiger charge is 2.12. The molecule has 5 nitrogen and oxygen atoms in total. The Morgan fingerprint density at radius 3 is 2.86 bits per heavy atom. The fraction of sp³-hybridized carbons (Fsp3) is 0.0625. The Balaban J connectivity index is 1.97. The average molecular weight is 278 g/mol. The molecule has 0 fully saturated rings. The van der Waals surface area contributed by atoms with Crippen molar-refractivity contribution in [1.82, 2.24) is 9.97 Å². The Morgan fingerprint density at radius 2 is 2.05 bits per heavy atom. The third-order valence-electron chi connectivity index (χ3n) is 3.29. The van der Waals surface area contributed by atoms with Gasteiger partial charge in [-0.2, -0.15) is 0 Å². The van der Waals surface area contributed by atoms with Crippen LogP contribution in [-0.4, -0.2) is 15.9 Å². The van der Waals surface area contributed by atoms with E-state index in [0.29, 0.717) is 11.5 Å². The standard InChI is InChI=1S/C16H14N4O/c1-10-6-7-18-9-14(10)20-16(21)13-8-11-4-2-3-5-12(11)15(17)19-13/h2-9H,1H3,(H2,17,19)(H,20,21). The van der Waals surface area contributed by atoms with Gasteiger partial charge in [0.25, 0.3) is 5.91 Å². The zero-order valence-corrected chi connectivity index (χ0v) is 11.5. The van der Waals surface area contributed by atoms with E-state index in [-0.39, 0.29) is 11.6 Å². The maximum atomic E-state index is 12.3. The number of hydrogen-bond acceptors (Lipinski definition) is 4. The number of benzene rings is 1. The molecule has 2 aromatic heterocycles. The van der Waals surface area contributed by atoms with Crippen LogP contribution in [0.15, 0.2) is 48.8 Å². The van der Waals surface area contributed by atoms with Crippen molar-refractivity contribution in [2.45, 2.75) is 6.92 Å². The first-order valence-corrected chi connectivity index (χ1v) is 6.52. The summed E-state index contributed by atoms with van der Waals surface area (Å²) >= 11 is 0. The van der Waals surface area contributed by atoms with Crippen LogP contribution < -0.4 is 11.1 Å². The largest absolute Gasteiger partial charge is 0.383 e. The van der Waals surface area contributed by atoms with Gasteiger partial charge >= 0.3 is 0 Å². The molecule has 0 atom stereocenters. The number of fused-ring (bicyclic) bond motifs is 1. The van der Waals surface area contributed by atoms with Crippen LogP contribution in [0.3, 0.4) is 0 Å². The second-order valence-electron chi connectivity index (χ2n) is 4.76. The van der Waals surface area contributed by atoms with E-state index in [9.17, 15) is 4.79 Å². The summed E-state index contributed by atoms with van der Waals surface area (Å²) in [6, 6.07) is 11.1. The summed E-state index contributed by atoms with van der Waals surface area (Å²) in [5, 5.41) is 4.53. The van der Waals surface area contributed by atoms with Gasteiger partial charge in [-0.1, -0.05) is 24.3 Å². The van der Waals surface area contributed by atoms with Crippen LogP contribution in [0.2, 0.25) is 0 Å². The average Bonchev–Trinajstić information content (AvgIpc) is 2.49. The number of carbonyl (C=O) groups is 1. The monoisotopic (exact) mass is 278 g/mol. The van der Waals surface area contributed by atoms with Gasteiger partial charge in [0, 0.05) is 11.6 Å². The minimum absolute atomic E-state index is 0.287. The van der Waals surface area contributed by atoms with Gasteiger partial charge in [-0.05, 0) is 30.0 Å². The fourth-order valence-corrected chi connectivity index (χ4v) is 2.12. The van der Waals surface area contributed by atoms with Crippen molar-refractivity contribution in [2.75, 3.05) is 11.1 Å². The summed E-state index contributed by atoms with van der Waals surface area (Å²) in [7, 11) is 0. The first-order valence-electron chi connectivity index (χ1n) is 6.52. The lowest BCUT2D eigenvalue weighted by atomic mass is 10.1. The molecule has 3 aromatic rings. The van der Waals surface area contributed by atoms with Gasteiger partial charge in [0.05, 0.1) is 11.9 Å². The first-order chi connectivity index (χ1) is 10.1. The molecule has 5 heteroatoms. The Kier molecular flexibility index (Phi) is 3.23. The third kappa shape index (κ3) is 2.53. The summed E-state index contributed by atoms with van der Waals surface area (Å²) < 4.78 is 0. The third-order valence-corrected chi connectivity index (χ3v) is 3.29. The maximum Gasteiger partial charge on any atom is 0.274 e.